The normalized spacial score (nSPS) is 25.2. The zero-order chi connectivity index (χ0) is 17.2. The highest BCUT2D eigenvalue weighted by Crippen LogP contribution is 2.28. The number of sulfonamides is 1. The summed E-state index contributed by atoms with van der Waals surface area (Å²) in [5.74, 6) is 0.315. The van der Waals surface area contributed by atoms with Gasteiger partial charge >= 0.3 is 0 Å². The van der Waals surface area contributed by atoms with Crippen LogP contribution in [0.5, 0.6) is 0 Å². The molecule has 134 valence electrons. The topological polar surface area (TPSA) is 92.5 Å². The number of nitrogens with two attached hydrogens (primary N) is 1. The summed E-state index contributed by atoms with van der Waals surface area (Å²) in [5.41, 5.74) is 5.74. The molecule has 1 saturated heterocycles. The van der Waals surface area contributed by atoms with E-state index in [2.05, 4.69) is 5.32 Å². The van der Waals surface area contributed by atoms with E-state index < -0.39 is 10.0 Å². The van der Waals surface area contributed by atoms with Crippen molar-refractivity contribution in [3.8, 4) is 0 Å². The summed E-state index contributed by atoms with van der Waals surface area (Å²) in [5, 5.41) is 3.06. The Bertz CT molecular complexity index is 680. The summed E-state index contributed by atoms with van der Waals surface area (Å²) < 4.78 is 26.9. The van der Waals surface area contributed by atoms with Gasteiger partial charge in [-0.15, -0.1) is 11.3 Å². The van der Waals surface area contributed by atoms with Crippen molar-refractivity contribution >= 4 is 27.3 Å². The number of hydrogen-bond acceptors (Lipinski definition) is 5. The molecule has 1 saturated carbocycles. The Morgan fingerprint density at radius 1 is 1.25 bits per heavy atom. The molecule has 8 heteroatoms. The van der Waals surface area contributed by atoms with Crippen LogP contribution in [0.4, 0.5) is 0 Å². The van der Waals surface area contributed by atoms with Crippen molar-refractivity contribution in [3.05, 3.63) is 17.0 Å². The molecule has 1 aliphatic carbocycles. The van der Waals surface area contributed by atoms with Gasteiger partial charge in [-0.2, -0.15) is 4.31 Å². The molecule has 1 aliphatic heterocycles. The Morgan fingerprint density at radius 3 is 2.71 bits per heavy atom. The van der Waals surface area contributed by atoms with Crippen LogP contribution in [0.3, 0.4) is 0 Å². The van der Waals surface area contributed by atoms with Gasteiger partial charge in [0.1, 0.15) is 4.21 Å². The van der Waals surface area contributed by atoms with E-state index in [1.54, 1.807) is 12.1 Å². The van der Waals surface area contributed by atoms with Gasteiger partial charge in [0.05, 0.1) is 6.42 Å². The quantitative estimate of drug-likeness (QED) is 0.789. The van der Waals surface area contributed by atoms with E-state index in [0.29, 0.717) is 29.8 Å². The van der Waals surface area contributed by atoms with E-state index in [9.17, 15) is 13.2 Å². The van der Waals surface area contributed by atoms with Crippen molar-refractivity contribution in [1.29, 1.82) is 0 Å². The molecule has 3 rings (SSSR count). The summed E-state index contributed by atoms with van der Waals surface area (Å²) in [4.78, 5) is 13.0. The highest BCUT2D eigenvalue weighted by Gasteiger charge is 2.29. The Balaban J connectivity index is 1.60. The molecule has 2 unspecified atom stereocenters. The van der Waals surface area contributed by atoms with Crippen molar-refractivity contribution in [2.45, 2.75) is 48.8 Å². The molecular formula is C16H25N3O3S2. The van der Waals surface area contributed by atoms with E-state index in [-0.39, 0.29) is 18.4 Å². The highest BCUT2D eigenvalue weighted by molar-refractivity contribution is 7.91. The molecule has 0 spiro atoms. The molecule has 24 heavy (non-hydrogen) atoms. The van der Waals surface area contributed by atoms with Gasteiger partial charge < -0.3 is 11.1 Å². The molecule has 1 aromatic rings. The summed E-state index contributed by atoms with van der Waals surface area (Å²) in [6.45, 7) is 1.79. The average molecular weight is 372 g/mol. The number of amides is 1. The summed E-state index contributed by atoms with van der Waals surface area (Å²) in [6, 6.07) is 3.54. The molecule has 3 N–H and O–H groups in total. The molecule has 1 aromatic heterocycles. The van der Waals surface area contributed by atoms with E-state index in [1.807, 2.05) is 0 Å². The monoisotopic (exact) mass is 371 g/mol. The minimum Gasteiger partial charge on any atom is -0.353 e. The van der Waals surface area contributed by atoms with Crippen molar-refractivity contribution in [3.63, 3.8) is 0 Å². The predicted octanol–water partition coefficient (Wildman–Crippen LogP) is 1.32. The van der Waals surface area contributed by atoms with Gasteiger partial charge in [0.25, 0.3) is 10.0 Å². The van der Waals surface area contributed by atoms with Crippen LogP contribution >= 0.6 is 11.3 Å². The highest BCUT2D eigenvalue weighted by atomic mass is 32.2. The molecule has 2 atom stereocenters. The fourth-order valence-electron chi connectivity index (χ4n) is 3.57. The smallest absolute Gasteiger partial charge is 0.252 e. The third-order valence-electron chi connectivity index (χ3n) is 4.94. The van der Waals surface area contributed by atoms with Crippen molar-refractivity contribution < 1.29 is 13.2 Å². The Morgan fingerprint density at radius 2 is 2.00 bits per heavy atom. The predicted molar refractivity (Wildman–Crippen MR) is 94.3 cm³/mol. The van der Waals surface area contributed by atoms with Crippen LogP contribution in [-0.4, -0.2) is 44.3 Å². The van der Waals surface area contributed by atoms with Gasteiger partial charge in [-0.05, 0) is 50.3 Å². The maximum atomic E-state index is 12.5. The Kier molecular flexibility index (Phi) is 5.59. The minimum absolute atomic E-state index is 0.0488. The summed E-state index contributed by atoms with van der Waals surface area (Å²) in [6.07, 6.45) is 5.22. The Hall–Kier alpha value is -0.960. The van der Waals surface area contributed by atoms with Crippen LogP contribution in [0, 0.1) is 5.92 Å². The first kappa shape index (κ1) is 17.8. The van der Waals surface area contributed by atoms with Gasteiger partial charge in [0.2, 0.25) is 5.91 Å². The number of hydrogen-bond donors (Lipinski definition) is 2. The zero-order valence-electron chi connectivity index (χ0n) is 13.7. The van der Waals surface area contributed by atoms with Gasteiger partial charge in [-0.3, -0.25) is 4.79 Å². The van der Waals surface area contributed by atoms with E-state index in [0.717, 1.165) is 37.0 Å². The number of carbonyl (C=O) groups excluding carboxylic acids is 1. The van der Waals surface area contributed by atoms with E-state index >= 15 is 0 Å². The molecule has 2 aliphatic rings. The molecule has 0 aromatic carbocycles. The van der Waals surface area contributed by atoms with Crippen LogP contribution in [0.1, 0.15) is 37.0 Å². The lowest BCUT2D eigenvalue weighted by Crippen LogP contribution is -2.40. The number of thiophene rings is 1. The summed E-state index contributed by atoms with van der Waals surface area (Å²) in [7, 11) is -3.39. The molecular weight excluding hydrogens is 346 g/mol. The fraction of sp³-hybridized carbons (Fsp3) is 0.688. The second-order valence-electron chi connectivity index (χ2n) is 6.61. The minimum atomic E-state index is -3.39. The lowest BCUT2D eigenvalue weighted by Gasteiger charge is -2.19. The van der Waals surface area contributed by atoms with Crippen molar-refractivity contribution in [2.24, 2.45) is 11.7 Å². The number of carbonyl (C=O) groups is 1. The zero-order valence-corrected chi connectivity index (χ0v) is 15.4. The molecule has 0 bridgehead atoms. The van der Waals surface area contributed by atoms with Crippen LogP contribution in [0.15, 0.2) is 16.3 Å². The standard InChI is InChI=1S/C16H25N3O3S2/c17-11-12-4-3-5-14(12)18-15(20)10-13-6-7-16(23-13)24(21,22)19-8-1-2-9-19/h6-7,12,14H,1-5,8-11,17H2,(H,18,20). The molecule has 2 fully saturated rings. The Labute approximate surface area is 147 Å². The van der Waals surface area contributed by atoms with Crippen LogP contribution in [0.2, 0.25) is 0 Å². The second-order valence-corrected chi connectivity index (χ2v) is 9.94. The van der Waals surface area contributed by atoms with Gasteiger partial charge in [0, 0.05) is 24.0 Å². The van der Waals surface area contributed by atoms with Crippen molar-refractivity contribution in [2.75, 3.05) is 19.6 Å². The van der Waals surface area contributed by atoms with Crippen LogP contribution in [-0.2, 0) is 21.2 Å². The first-order valence-corrected chi connectivity index (χ1v) is 10.8. The molecule has 1 amide bonds. The number of nitrogens with one attached hydrogen (secondary N) is 1. The van der Waals surface area contributed by atoms with Crippen molar-refractivity contribution in [1.82, 2.24) is 9.62 Å². The maximum Gasteiger partial charge on any atom is 0.252 e. The SMILES string of the molecule is NCC1CCCC1NC(=O)Cc1ccc(S(=O)(=O)N2CCCC2)s1. The third kappa shape index (κ3) is 3.82. The lowest BCUT2D eigenvalue weighted by molar-refractivity contribution is -0.121. The van der Waals surface area contributed by atoms with Gasteiger partial charge in [-0.25, -0.2) is 8.42 Å². The molecule has 6 nitrogen and oxygen atoms in total. The van der Waals surface area contributed by atoms with Gasteiger partial charge in [-0.1, -0.05) is 6.42 Å². The maximum absolute atomic E-state index is 12.5. The second kappa shape index (κ2) is 7.51. The van der Waals surface area contributed by atoms with E-state index in [4.69, 9.17) is 5.73 Å². The first-order chi connectivity index (χ1) is 11.5. The lowest BCUT2D eigenvalue weighted by atomic mass is 10.0. The molecule has 2 heterocycles. The largest absolute Gasteiger partial charge is 0.353 e. The van der Waals surface area contributed by atoms with Crippen LogP contribution < -0.4 is 11.1 Å². The van der Waals surface area contributed by atoms with Crippen LogP contribution in [0.25, 0.3) is 0 Å². The fourth-order valence-corrected chi connectivity index (χ4v) is 6.60. The number of rotatable bonds is 6. The first-order valence-electron chi connectivity index (χ1n) is 8.59. The molecule has 0 radical (unpaired) electrons. The third-order valence-corrected chi connectivity index (χ3v) is 8.39. The average Bonchev–Trinajstić information content (AvgIpc) is 3.28. The van der Waals surface area contributed by atoms with Gasteiger partial charge in [0.15, 0.2) is 0 Å². The summed E-state index contributed by atoms with van der Waals surface area (Å²) >= 11 is 1.20. The number of nitrogens with zero attached hydrogens (tertiary/aromatic N) is 1. The van der Waals surface area contributed by atoms with E-state index in [1.165, 1.54) is 15.6 Å².